The summed E-state index contributed by atoms with van der Waals surface area (Å²) >= 11 is 0.833. The van der Waals surface area contributed by atoms with Gasteiger partial charge in [-0.15, -0.1) is 11.3 Å². The van der Waals surface area contributed by atoms with Gasteiger partial charge in [-0.1, -0.05) is 6.92 Å². The zero-order valence-electron chi connectivity index (χ0n) is 11.7. The van der Waals surface area contributed by atoms with Crippen molar-refractivity contribution in [2.24, 2.45) is 11.8 Å². The smallest absolute Gasteiger partial charge is 0.434 e. The molecule has 1 heterocycles. The van der Waals surface area contributed by atoms with Gasteiger partial charge >= 0.3 is 12.1 Å². The van der Waals surface area contributed by atoms with Gasteiger partial charge in [-0.3, -0.25) is 9.59 Å². The molecule has 0 aromatic carbocycles. The van der Waals surface area contributed by atoms with Crippen LogP contribution in [0.15, 0.2) is 5.38 Å². The van der Waals surface area contributed by atoms with E-state index < -0.39 is 41.6 Å². The van der Waals surface area contributed by atoms with Crippen LogP contribution in [0.5, 0.6) is 0 Å². The number of aliphatic carboxylic acids is 1. The molecule has 9 heteroatoms. The van der Waals surface area contributed by atoms with Gasteiger partial charge in [-0.05, 0) is 19.3 Å². The van der Waals surface area contributed by atoms with E-state index in [1.165, 1.54) is 0 Å². The van der Waals surface area contributed by atoms with Crippen molar-refractivity contribution in [3.05, 3.63) is 16.1 Å². The first-order valence-corrected chi connectivity index (χ1v) is 7.67. The largest absolute Gasteiger partial charge is 0.481 e. The maximum absolute atomic E-state index is 12.6. The third kappa shape index (κ3) is 3.40. The van der Waals surface area contributed by atoms with Gasteiger partial charge < -0.3 is 10.4 Å². The van der Waals surface area contributed by atoms with Gasteiger partial charge in [0.2, 0.25) is 5.91 Å². The predicted molar refractivity (Wildman–Crippen MR) is 72.1 cm³/mol. The van der Waals surface area contributed by atoms with E-state index in [4.69, 9.17) is 5.11 Å². The van der Waals surface area contributed by atoms with Crippen LogP contribution >= 0.6 is 11.3 Å². The topological polar surface area (TPSA) is 79.3 Å². The van der Waals surface area contributed by atoms with Crippen LogP contribution in [0, 0.1) is 11.8 Å². The van der Waals surface area contributed by atoms with E-state index in [1.54, 1.807) is 6.92 Å². The molecular weight excluding hydrogens is 321 g/mol. The van der Waals surface area contributed by atoms with E-state index in [1.807, 2.05) is 0 Å². The van der Waals surface area contributed by atoms with Crippen molar-refractivity contribution in [2.45, 2.75) is 38.4 Å². The number of aromatic nitrogens is 1. The molecule has 3 unspecified atom stereocenters. The SMILES string of the molecule is CCC(NC(=O)C1CCC1C(=O)O)c1nc(C(F)(F)F)cs1. The number of amides is 1. The maximum Gasteiger partial charge on any atom is 0.434 e. The first kappa shape index (κ1) is 16.7. The molecule has 122 valence electrons. The van der Waals surface area contributed by atoms with Gasteiger partial charge in [0, 0.05) is 5.38 Å². The summed E-state index contributed by atoms with van der Waals surface area (Å²) in [6.07, 6.45) is -3.22. The quantitative estimate of drug-likeness (QED) is 0.866. The fraction of sp³-hybridized carbons (Fsp3) is 0.615. The molecule has 22 heavy (non-hydrogen) atoms. The van der Waals surface area contributed by atoms with E-state index >= 15 is 0 Å². The summed E-state index contributed by atoms with van der Waals surface area (Å²) in [5.41, 5.74) is -0.979. The molecule has 1 saturated carbocycles. The van der Waals surface area contributed by atoms with Crippen LogP contribution in [0.2, 0.25) is 0 Å². The van der Waals surface area contributed by atoms with Gasteiger partial charge in [0.25, 0.3) is 0 Å². The summed E-state index contributed by atoms with van der Waals surface area (Å²) < 4.78 is 37.7. The van der Waals surface area contributed by atoms with Gasteiger partial charge in [-0.25, -0.2) is 4.98 Å². The second kappa shape index (κ2) is 6.23. The Morgan fingerprint density at radius 1 is 1.45 bits per heavy atom. The number of carbonyl (C=O) groups is 2. The van der Waals surface area contributed by atoms with Gasteiger partial charge in [0.15, 0.2) is 5.69 Å². The van der Waals surface area contributed by atoms with Gasteiger partial charge in [0.05, 0.1) is 17.9 Å². The Morgan fingerprint density at radius 2 is 2.09 bits per heavy atom. The average molecular weight is 336 g/mol. The zero-order chi connectivity index (χ0) is 16.5. The Labute approximate surface area is 128 Å². The predicted octanol–water partition coefficient (Wildman–Crippen LogP) is 2.84. The molecule has 5 nitrogen and oxygen atoms in total. The molecule has 0 aliphatic heterocycles. The summed E-state index contributed by atoms with van der Waals surface area (Å²) in [4.78, 5) is 26.5. The Hall–Kier alpha value is -1.64. The minimum atomic E-state index is -4.51. The molecule has 1 fully saturated rings. The van der Waals surface area contributed by atoms with Crippen molar-refractivity contribution in [3.8, 4) is 0 Å². The Bertz CT molecular complexity index is 573. The fourth-order valence-electron chi connectivity index (χ4n) is 2.30. The van der Waals surface area contributed by atoms with Crippen molar-refractivity contribution in [1.82, 2.24) is 10.3 Å². The summed E-state index contributed by atoms with van der Waals surface area (Å²) in [6.45, 7) is 1.72. The molecule has 1 aromatic heterocycles. The molecule has 1 aromatic rings. The molecule has 0 radical (unpaired) electrons. The van der Waals surface area contributed by atoms with Crippen LogP contribution in [0.3, 0.4) is 0 Å². The second-order valence-corrected chi connectivity index (χ2v) is 6.06. The van der Waals surface area contributed by atoms with Crippen molar-refractivity contribution in [3.63, 3.8) is 0 Å². The summed E-state index contributed by atoms with van der Waals surface area (Å²) in [7, 11) is 0. The van der Waals surface area contributed by atoms with Gasteiger partial charge in [-0.2, -0.15) is 13.2 Å². The highest BCUT2D eigenvalue weighted by Crippen LogP contribution is 2.36. The highest BCUT2D eigenvalue weighted by molar-refractivity contribution is 7.09. The van der Waals surface area contributed by atoms with Crippen LogP contribution in [0.1, 0.15) is 42.9 Å². The number of hydrogen-bond donors (Lipinski definition) is 2. The molecule has 1 aliphatic carbocycles. The lowest BCUT2D eigenvalue weighted by atomic mass is 9.73. The van der Waals surface area contributed by atoms with Gasteiger partial charge in [0.1, 0.15) is 5.01 Å². The molecule has 0 spiro atoms. The van der Waals surface area contributed by atoms with Crippen LogP contribution in [-0.4, -0.2) is 22.0 Å². The highest BCUT2D eigenvalue weighted by atomic mass is 32.1. The minimum Gasteiger partial charge on any atom is -0.481 e. The van der Waals surface area contributed by atoms with Crippen LogP contribution in [-0.2, 0) is 15.8 Å². The number of alkyl halides is 3. The average Bonchev–Trinajstić information content (AvgIpc) is 2.82. The highest BCUT2D eigenvalue weighted by Gasteiger charge is 2.42. The van der Waals surface area contributed by atoms with Crippen molar-refractivity contribution >= 4 is 23.2 Å². The summed E-state index contributed by atoms with van der Waals surface area (Å²) in [5.74, 6) is -2.78. The molecule has 0 saturated heterocycles. The molecule has 0 bridgehead atoms. The normalized spacial score (nSPS) is 22.7. The number of nitrogens with zero attached hydrogens (tertiary/aromatic N) is 1. The number of hydrogen-bond acceptors (Lipinski definition) is 4. The Balaban J connectivity index is 2.05. The third-order valence-electron chi connectivity index (χ3n) is 3.76. The Morgan fingerprint density at radius 3 is 2.50 bits per heavy atom. The number of nitrogens with one attached hydrogen (secondary N) is 1. The van der Waals surface area contributed by atoms with E-state index in [9.17, 15) is 22.8 Å². The van der Waals surface area contributed by atoms with E-state index in [-0.39, 0.29) is 5.01 Å². The number of carboxylic acid groups (broad SMARTS) is 1. The molecule has 2 rings (SSSR count). The zero-order valence-corrected chi connectivity index (χ0v) is 12.5. The summed E-state index contributed by atoms with van der Waals surface area (Å²) in [5, 5.41) is 12.6. The number of thiazole rings is 1. The van der Waals surface area contributed by atoms with E-state index in [0.717, 1.165) is 16.7 Å². The number of halogens is 3. The first-order valence-electron chi connectivity index (χ1n) is 6.79. The maximum atomic E-state index is 12.6. The fourth-order valence-corrected chi connectivity index (χ4v) is 3.26. The monoisotopic (exact) mass is 336 g/mol. The molecule has 2 N–H and O–H groups in total. The Kier molecular flexibility index (Phi) is 4.74. The van der Waals surface area contributed by atoms with E-state index in [2.05, 4.69) is 10.3 Å². The first-order chi connectivity index (χ1) is 10.2. The second-order valence-electron chi connectivity index (χ2n) is 5.17. The van der Waals surface area contributed by atoms with Crippen molar-refractivity contribution in [2.75, 3.05) is 0 Å². The molecule has 3 atom stereocenters. The lowest BCUT2D eigenvalue weighted by molar-refractivity contribution is -0.153. The number of rotatable bonds is 5. The standard InChI is InChI=1S/C13H15F3N2O3S/c1-2-8(11-18-9(5-22-11)13(14,15)16)17-10(19)6-3-4-7(6)12(20)21/h5-8H,2-4H2,1H3,(H,17,19)(H,20,21). The van der Waals surface area contributed by atoms with Crippen molar-refractivity contribution < 1.29 is 27.9 Å². The lowest BCUT2D eigenvalue weighted by Crippen LogP contribution is -2.45. The van der Waals surface area contributed by atoms with Crippen LogP contribution in [0.25, 0.3) is 0 Å². The lowest BCUT2D eigenvalue weighted by Gasteiger charge is -2.33. The third-order valence-corrected chi connectivity index (χ3v) is 4.72. The minimum absolute atomic E-state index is 0.175. The van der Waals surface area contributed by atoms with Crippen LogP contribution < -0.4 is 5.32 Å². The number of carboxylic acids is 1. The van der Waals surface area contributed by atoms with Crippen molar-refractivity contribution in [1.29, 1.82) is 0 Å². The molecular formula is C13H15F3N2O3S. The number of carbonyl (C=O) groups excluding carboxylic acids is 1. The molecule has 1 aliphatic rings. The van der Waals surface area contributed by atoms with Crippen LogP contribution in [0.4, 0.5) is 13.2 Å². The summed E-state index contributed by atoms with van der Waals surface area (Å²) in [6, 6.07) is -0.636. The van der Waals surface area contributed by atoms with E-state index in [0.29, 0.717) is 19.3 Å². The molecule has 1 amide bonds.